The van der Waals surface area contributed by atoms with E-state index in [1.807, 2.05) is 24.4 Å². The van der Waals surface area contributed by atoms with Crippen LogP contribution < -0.4 is 9.47 Å². The quantitative estimate of drug-likeness (QED) is 0.822. The fourth-order valence-corrected chi connectivity index (χ4v) is 2.73. The first kappa shape index (κ1) is 12.9. The smallest absolute Gasteiger partial charge is 0.123 e. The number of methoxy groups -OCH3 is 2. The van der Waals surface area contributed by atoms with Crippen LogP contribution in [0.5, 0.6) is 11.5 Å². The van der Waals surface area contributed by atoms with Crippen molar-refractivity contribution in [2.24, 2.45) is 0 Å². The van der Waals surface area contributed by atoms with Gasteiger partial charge in [-0.1, -0.05) is 6.92 Å². The highest BCUT2D eigenvalue weighted by Crippen LogP contribution is 2.33. The molecule has 0 spiro atoms. The maximum atomic E-state index is 5.28. The molecule has 0 aliphatic carbocycles. The predicted molar refractivity (Wildman–Crippen MR) is 74.6 cm³/mol. The number of hydrogen-bond donors (Lipinski definition) is 0. The van der Waals surface area contributed by atoms with E-state index in [-0.39, 0.29) is 0 Å². The Kier molecular flexibility index (Phi) is 4.20. The molecule has 0 amide bonds. The van der Waals surface area contributed by atoms with Crippen LogP contribution in [0.15, 0.2) is 24.4 Å². The number of nitrogens with zero attached hydrogens (tertiary/aromatic N) is 1. The summed E-state index contributed by atoms with van der Waals surface area (Å²) in [7, 11) is 3.32. The highest BCUT2D eigenvalue weighted by molar-refractivity contribution is 7.15. The van der Waals surface area contributed by atoms with Gasteiger partial charge in [0, 0.05) is 17.8 Å². The van der Waals surface area contributed by atoms with Crippen molar-refractivity contribution in [1.82, 2.24) is 4.98 Å². The van der Waals surface area contributed by atoms with E-state index >= 15 is 0 Å². The van der Waals surface area contributed by atoms with E-state index in [1.54, 1.807) is 25.6 Å². The Balaban J connectivity index is 2.35. The molecule has 96 valence electrons. The summed E-state index contributed by atoms with van der Waals surface area (Å²) < 4.78 is 10.6. The molecule has 0 bridgehead atoms. The Morgan fingerprint density at radius 2 is 1.78 bits per heavy atom. The first-order valence-electron chi connectivity index (χ1n) is 5.95. The monoisotopic (exact) mass is 263 g/mol. The molecule has 1 aromatic heterocycles. The van der Waals surface area contributed by atoms with Gasteiger partial charge >= 0.3 is 0 Å². The molecule has 2 rings (SSSR count). The zero-order valence-electron chi connectivity index (χ0n) is 10.9. The van der Waals surface area contributed by atoms with Gasteiger partial charge in [0.15, 0.2) is 0 Å². The molecule has 1 aromatic carbocycles. The van der Waals surface area contributed by atoms with Gasteiger partial charge < -0.3 is 9.47 Å². The van der Waals surface area contributed by atoms with E-state index in [0.717, 1.165) is 34.8 Å². The first-order valence-corrected chi connectivity index (χ1v) is 6.76. The summed E-state index contributed by atoms with van der Waals surface area (Å²) in [4.78, 5) is 5.58. The van der Waals surface area contributed by atoms with Crippen LogP contribution in [0.3, 0.4) is 0 Å². The summed E-state index contributed by atoms with van der Waals surface area (Å²) in [5, 5.41) is 1.18. The third kappa shape index (κ3) is 2.82. The Bertz CT molecular complexity index is 500. The maximum Gasteiger partial charge on any atom is 0.123 e. The van der Waals surface area contributed by atoms with E-state index in [1.165, 1.54) is 5.01 Å². The SMILES string of the molecule is CCCc1ncc(-c2cc(OC)cc(OC)c2)s1. The molecule has 0 radical (unpaired) electrons. The van der Waals surface area contributed by atoms with Crippen molar-refractivity contribution in [3.8, 4) is 21.9 Å². The first-order chi connectivity index (χ1) is 8.76. The van der Waals surface area contributed by atoms with Gasteiger partial charge in [-0.25, -0.2) is 4.98 Å². The minimum atomic E-state index is 0.801. The Labute approximate surface area is 111 Å². The summed E-state index contributed by atoms with van der Waals surface area (Å²) in [5.41, 5.74) is 1.09. The summed E-state index contributed by atoms with van der Waals surface area (Å²) >= 11 is 1.73. The lowest BCUT2D eigenvalue weighted by molar-refractivity contribution is 0.394. The number of aryl methyl sites for hydroxylation is 1. The number of ether oxygens (including phenoxy) is 2. The second-order valence-electron chi connectivity index (χ2n) is 3.97. The van der Waals surface area contributed by atoms with Crippen molar-refractivity contribution in [2.75, 3.05) is 14.2 Å². The van der Waals surface area contributed by atoms with Crippen LogP contribution in [0.2, 0.25) is 0 Å². The zero-order valence-corrected chi connectivity index (χ0v) is 11.7. The fourth-order valence-electron chi connectivity index (χ4n) is 1.72. The van der Waals surface area contributed by atoms with E-state index < -0.39 is 0 Å². The molecule has 0 N–H and O–H groups in total. The molecule has 0 atom stereocenters. The van der Waals surface area contributed by atoms with Crippen LogP contribution in [0.25, 0.3) is 10.4 Å². The normalized spacial score (nSPS) is 10.4. The average molecular weight is 263 g/mol. The van der Waals surface area contributed by atoms with Gasteiger partial charge in [-0.2, -0.15) is 0 Å². The van der Waals surface area contributed by atoms with Gasteiger partial charge in [0.25, 0.3) is 0 Å². The lowest BCUT2D eigenvalue weighted by atomic mass is 10.2. The van der Waals surface area contributed by atoms with Gasteiger partial charge in [-0.15, -0.1) is 11.3 Å². The zero-order chi connectivity index (χ0) is 13.0. The molecule has 0 saturated heterocycles. The largest absolute Gasteiger partial charge is 0.497 e. The van der Waals surface area contributed by atoms with Crippen molar-refractivity contribution in [3.63, 3.8) is 0 Å². The van der Waals surface area contributed by atoms with Crippen molar-refractivity contribution < 1.29 is 9.47 Å². The number of hydrogen-bond acceptors (Lipinski definition) is 4. The van der Waals surface area contributed by atoms with Gasteiger partial charge in [-0.05, 0) is 25.0 Å². The molecule has 2 aromatic rings. The van der Waals surface area contributed by atoms with Gasteiger partial charge in [0.05, 0.1) is 24.1 Å². The summed E-state index contributed by atoms with van der Waals surface area (Å²) in [6, 6.07) is 5.88. The molecule has 0 aliphatic rings. The van der Waals surface area contributed by atoms with Crippen LogP contribution in [0.4, 0.5) is 0 Å². The number of benzene rings is 1. The third-order valence-electron chi connectivity index (χ3n) is 2.65. The van der Waals surface area contributed by atoms with E-state index in [4.69, 9.17) is 9.47 Å². The minimum Gasteiger partial charge on any atom is -0.497 e. The highest BCUT2D eigenvalue weighted by atomic mass is 32.1. The van der Waals surface area contributed by atoms with E-state index in [2.05, 4.69) is 11.9 Å². The number of rotatable bonds is 5. The number of aromatic nitrogens is 1. The molecular formula is C14H17NO2S. The summed E-state index contributed by atoms with van der Waals surface area (Å²) in [6.07, 6.45) is 4.07. The molecule has 3 nitrogen and oxygen atoms in total. The maximum absolute atomic E-state index is 5.28. The van der Waals surface area contributed by atoms with Crippen molar-refractivity contribution in [1.29, 1.82) is 0 Å². The topological polar surface area (TPSA) is 31.4 Å². The Morgan fingerprint density at radius 3 is 2.33 bits per heavy atom. The average Bonchev–Trinajstić information content (AvgIpc) is 2.87. The van der Waals surface area contributed by atoms with E-state index in [9.17, 15) is 0 Å². The van der Waals surface area contributed by atoms with Crippen LogP contribution in [-0.4, -0.2) is 19.2 Å². The minimum absolute atomic E-state index is 0.801. The fraction of sp³-hybridized carbons (Fsp3) is 0.357. The van der Waals surface area contributed by atoms with Gasteiger partial charge in [0.1, 0.15) is 11.5 Å². The van der Waals surface area contributed by atoms with Crippen molar-refractivity contribution >= 4 is 11.3 Å². The second-order valence-corrected chi connectivity index (χ2v) is 5.08. The molecule has 0 aliphatic heterocycles. The molecule has 18 heavy (non-hydrogen) atoms. The second kappa shape index (κ2) is 5.87. The van der Waals surface area contributed by atoms with Gasteiger partial charge in [-0.3, -0.25) is 0 Å². The lowest BCUT2D eigenvalue weighted by Crippen LogP contribution is -1.87. The van der Waals surface area contributed by atoms with Crippen molar-refractivity contribution in [3.05, 3.63) is 29.4 Å². The van der Waals surface area contributed by atoms with Crippen molar-refractivity contribution in [2.45, 2.75) is 19.8 Å². The molecule has 1 heterocycles. The summed E-state index contributed by atoms with van der Waals surface area (Å²) in [5.74, 6) is 1.60. The molecule has 0 saturated carbocycles. The molecule has 4 heteroatoms. The van der Waals surface area contributed by atoms with Gasteiger partial charge in [0.2, 0.25) is 0 Å². The van der Waals surface area contributed by atoms with E-state index in [0.29, 0.717) is 0 Å². The highest BCUT2D eigenvalue weighted by Gasteiger charge is 2.07. The standard InChI is InChI=1S/C14H17NO2S/c1-4-5-14-15-9-13(18-14)10-6-11(16-2)8-12(7-10)17-3/h6-9H,4-5H2,1-3H3. The number of thiazole rings is 1. The predicted octanol–water partition coefficient (Wildman–Crippen LogP) is 3.78. The van der Waals surface area contributed by atoms with Crippen LogP contribution in [0.1, 0.15) is 18.4 Å². The third-order valence-corrected chi connectivity index (χ3v) is 3.76. The Morgan fingerprint density at radius 1 is 1.11 bits per heavy atom. The van der Waals surface area contributed by atoms with Crippen LogP contribution in [0, 0.1) is 0 Å². The van der Waals surface area contributed by atoms with Crippen LogP contribution in [-0.2, 0) is 6.42 Å². The summed E-state index contributed by atoms with van der Waals surface area (Å²) in [6.45, 7) is 2.16. The molecular weight excluding hydrogens is 246 g/mol. The van der Waals surface area contributed by atoms with Crippen LogP contribution >= 0.6 is 11.3 Å². The molecule has 0 fully saturated rings. The molecule has 0 unspecified atom stereocenters. The lowest BCUT2D eigenvalue weighted by Gasteiger charge is -2.06. The Hall–Kier alpha value is -1.55.